The van der Waals surface area contributed by atoms with E-state index in [4.69, 9.17) is 14.5 Å². The van der Waals surface area contributed by atoms with Crippen LogP contribution in [0.25, 0.3) is 0 Å². The van der Waals surface area contributed by atoms with Crippen LogP contribution in [0.4, 0.5) is 11.4 Å². The lowest BCUT2D eigenvalue weighted by molar-refractivity contribution is 0.404. The molecule has 0 saturated heterocycles. The van der Waals surface area contributed by atoms with Gasteiger partial charge in [0.2, 0.25) is 0 Å². The lowest BCUT2D eigenvalue weighted by Gasteiger charge is -2.33. The average Bonchev–Trinajstić information content (AvgIpc) is 3.06. The molecule has 2 aromatic rings. The van der Waals surface area contributed by atoms with Gasteiger partial charge in [-0.25, -0.2) is 4.99 Å². The lowest BCUT2D eigenvalue weighted by atomic mass is 10.2. The van der Waals surface area contributed by atoms with E-state index in [0.717, 1.165) is 27.9 Å². The topological polar surface area (TPSA) is 37.3 Å². The van der Waals surface area contributed by atoms with Gasteiger partial charge < -0.3 is 19.3 Å². The molecule has 0 radical (unpaired) electrons. The van der Waals surface area contributed by atoms with Crippen molar-refractivity contribution in [2.75, 3.05) is 38.1 Å². The van der Waals surface area contributed by atoms with E-state index in [2.05, 4.69) is 35.2 Å². The molecule has 5 nitrogen and oxygen atoms in total. The van der Waals surface area contributed by atoms with Crippen molar-refractivity contribution in [1.29, 1.82) is 0 Å². The van der Waals surface area contributed by atoms with Crippen LogP contribution in [0.5, 0.6) is 11.5 Å². The van der Waals surface area contributed by atoms with E-state index in [-0.39, 0.29) is 6.17 Å². The van der Waals surface area contributed by atoms with Gasteiger partial charge in [0, 0.05) is 20.2 Å². The molecule has 0 N–H and O–H groups in total. The Morgan fingerprint density at radius 2 is 2.00 bits per heavy atom. The van der Waals surface area contributed by atoms with Crippen molar-refractivity contribution in [2.45, 2.75) is 13.1 Å². The van der Waals surface area contributed by atoms with Crippen LogP contribution in [0, 0.1) is 0 Å². The molecule has 2 heterocycles. The molecule has 0 spiro atoms. The zero-order chi connectivity index (χ0) is 16.6. The van der Waals surface area contributed by atoms with Crippen molar-refractivity contribution in [2.24, 2.45) is 4.99 Å². The number of hydrogen-bond donors (Lipinski definition) is 0. The van der Waals surface area contributed by atoms with E-state index >= 15 is 0 Å². The number of ether oxygens (including phenoxy) is 2. The summed E-state index contributed by atoms with van der Waals surface area (Å²) < 4.78 is 10.9. The zero-order valence-electron chi connectivity index (χ0n) is 14.0. The minimum atomic E-state index is 0.0890. The molecule has 1 aromatic heterocycles. The Morgan fingerprint density at radius 1 is 1.22 bits per heavy atom. The molecule has 0 saturated carbocycles. The highest BCUT2D eigenvalue weighted by Crippen LogP contribution is 2.37. The fourth-order valence-corrected chi connectivity index (χ4v) is 3.64. The second-order valence-electron chi connectivity index (χ2n) is 5.43. The van der Waals surface area contributed by atoms with Crippen LogP contribution < -0.4 is 19.3 Å². The third-order valence-electron chi connectivity index (χ3n) is 4.16. The van der Waals surface area contributed by atoms with E-state index in [0.29, 0.717) is 0 Å². The van der Waals surface area contributed by atoms with Gasteiger partial charge in [0.25, 0.3) is 0 Å². The van der Waals surface area contributed by atoms with Crippen molar-refractivity contribution < 1.29 is 9.47 Å². The van der Waals surface area contributed by atoms with Crippen LogP contribution in [0.15, 0.2) is 34.6 Å². The largest absolute Gasteiger partial charge is 0.497 e. The molecule has 1 aliphatic rings. The Kier molecular flexibility index (Phi) is 4.17. The highest BCUT2D eigenvalue weighted by atomic mass is 32.1. The van der Waals surface area contributed by atoms with Crippen LogP contribution in [0.3, 0.4) is 0 Å². The van der Waals surface area contributed by atoms with Crippen molar-refractivity contribution in [3.05, 3.63) is 34.5 Å². The standard InChI is InChI=1S/C17H21N3O2S/c1-11-18-17(16-13(19(11)2)8-9-23-16)20(3)14-10-12(21-4)6-7-15(14)22-5/h6-11H,1-5H3. The number of hydrogen-bond acceptors (Lipinski definition) is 6. The summed E-state index contributed by atoms with van der Waals surface area (Å²) in [5, 5.41) is 2.10. The molecule has 0 bridgehead atoms. The maximum absolute atomic E-state index is 5.51. The van der Waals surface area contributed by atoms with Gasteiger partial charge in [0.15, 0.2) is 0 Å². The zero-order valence-corrected chi connectivity index (χ0v) is 14.8. The first-order valence-electron chi connectivity index (χ1n) is 7.41. The SMILES string of the molecule is COc1ccc(OC)c(N(C)C2=NC(C)N(C)c3ccsc32)c1. The number of benzene rings is 1. The van der Waals surface area contributed by atoms with Crippen molar-refractivity contribution in [3.63, 3.8) is 0 Å². The summed E-state index contributed by atoms with van der Waals surface area (Å²) in [6, 6.07) is 7.92. The number of methoxy groups -OCH3 is 2. The van der Waals surface area contributed by atoms with Gasteiger partial charge in [0.1, 0.15) is 23.5 Å². The third-order valence-corrected chi connectivity index (χ3v) is 5.06. The minimum Gasteiger partial charge on any atom is -0.497 e. The third kappa shape index (κ3) is 2.63. The molecule has 122 valence electrons. The van der Waals surface area contributed by atoms with Crippen LogP contribution in [-0.4, -0.2) is 40.3 Å². The first-order chi connectivity index (χ1) is 11.1. The highest BCUT2D eigenvalue weighted by molar-refractivity contribution is 7.13. The molecule has 0 amide bonds. The fraction of sp³-hybridized carbons (Fsp3) is 0.353. The summed E-state index contributed by atoms with van der Waals surface area (Å²) in [7, 11) is 7.42. The van der Waals surface area contributed by atoms with E-state index in [9.17, 15) is 0 Å². The molecule has 1 aliphatic heterocycles. The molecular formula is C17H21N3O2S. The van der Waals surface area contributed by atoms with Crippen molar-refractivity contribution in [1.82, 2.24) is 0 Å². The smallest absolute Gasteiger partial charge is 0.149 e. The Hall–Kier alpha value is -2.21. The molecule has 0 fully saturated rings. The summed E-state index contributed by atoms with van der Waals surface area (Å²) in [4.78, 5) is 10.3. The second kappa shape index (κ2) is 6.12. The Labute approximate surface area is 140 Å². The predicted octanol–water partition coefficient (Wildman–Crippen LogP) is 3.44. The maximum Gasteiger partial charge on any atom is 0.149 e. The van der Waals surface area contributed by atoms with E-state index in [1.807, 2.05) is 25.2 Å². The first-order valence-corrected chi connectivity index (χ1v) is 8.29. The normalized spacial score (nSPS) is 16.7. The summed E-state index contributed by atoms with van der Waals surface area (Å²) in [5.41, 5.74) is 2.14. The molecule has 3 rings (SSSR count). The maximum atomic E-state index is 5.51. The van der Waals surface area contributed by atoms with Crippen molar-refractivity contribution >= 4 is 28.5 Å². The van der Waals surface area contributed by atoms with Crippen LogP contribution in [0.2, 0.25) is 0 Å². The fourth-order valence-electron chi connectivity index (χ4n) is 2.68. The molecule has 1 atom stereocenters. The summed E-state index contributed by atoms with van der Waals surface area (Å²) in [6.45, 7) is 2.09. The highest BCUT2D eigenvalue weighted by Gasteiger charge is 2.27. The monoisotopic (exact) mass is 331 g/mol. The molecule has 1 aromatic carbocycles. The molecule has 0 aliphatic carbocycles. The number of amidine groups is 1. The summed E-state index contributed by atoms with van der Waals surface area (Å²) in [5.74, 6) is 2.54. The quantitative estimate of drug-likeness (QED) is 0.863. The second-order valence-corrected chi connectivity index (χ2v) is 6.34. The van der Waals surface area contributed by atoms with Gasteiger partial charge in [0.05, 0.1) is 30.5 Å². The predicted molar refractivity (Wildman–Crippen MR) is 96.7 cm³/mol. The van der Waals surface area contributed by atoms with E-state index in [1.54, 1.807) is 25.6 Å². The van der Waals surface area contributed by atoms with E-state index in [1.165, 1.54) is 5.69 Å². The minimum absolute atomic E-state index is 0.0890. The Morgan fingerprint density at radius 3 is 2.70 bits per heavy atom. The summed E-state index contributed by atoms with van der Waals surface area (Å²) in [6.07, 6.45) is 0.0890. The van der Waals surface area contributed by atoms with Crippen molar-refractivity contribution in [3.8, 4) is 11.5 Å². The van der Waals surface area contributed by atoms with E-state index < -0.39 is 0 Å². The van der Waals surface area contributed by atoms with Gasteiger partial charge >= 0.3 is 0 Å². The van der Waals surface area contributed by atoms with Crippen LogP contribution >= 0.6 is 11.3 Å². The number of fused-ring (bicyclic) bond motifs is 1. The molecule has 23 heavy (non-hydrogen) atoms. The molecular weight excluding hydrogens is 310 g/mol. The Balaban J connectivity index is 2.07. The van der Waals surface area contributed by atoms with Gasteiger partial charge in [-0.3, -0.25) is 0 Å². The number of rotatable bonds is 3. The number of anilines is 2. The van der Waals surface area contributed by atoms with Gasteiger partial charge in [-0.1, -0.05) is 0 Å². The number of thiophene rings is 1. The lowest BCUT2D eigenvalue weighted by Crippen LogP contribution is -2.38. The van der Waals surface area contributed by atoms with Gasteiger partial charge in [-0.05, 0) is 30.5 Å². The Bertz CT molecular complexity index is 741. The van der Waals surface area contributed by atoms with Gasteiger partial charge in [-0.2, -0.15) is 0 Å². The number of aliphatic imine (C=N–C) groups is 1. The molecule has 1 unspecified atom stereocenters. The molecule has 6 heteroatoms. The van der Waals surface area contributed by atoms with Crippen LogP contribution in [0.1, 0.15) is 11.8 Å². The van der Waals surface area contributed by atoms with Crippen LogP contribution in [-0.2, 0) is 0 Å². The summed E-state index contributed by atoms with van der Waals surface area (Å²) >= 11 is 1.70. The average molecular weight is 331 g/mol. The first kappa shape index (κ1) is 15.7. The number of nitrogens with zero attached hydrogens (tertiary/aromatic N) is 3. The van der Waals surface area contributed by atoms with Gasteiger partial charge in [-0.15, -0.1) is 11.3 Å².